The highest BCUT2D eigenvalue weighted by molar-refractivity contribution is 7.85. The Balaban J connectivity index is 2.57. The van der Waals surface area contributed by atoms with E-state index in [1.165, 1.54) is 0 Å². The van der Waals surface area contributed by atoms with E-state index in [0.717, 1.165) is 16.5 Å². The lowest BCUT2D eigenvalue weighted by molar-refractivity contribution is 0.650. The molecule has 0 radical (unpaired) electrons. The van der Waals surface area contributed by atoms with Crippen molar-refractivity contribution in [3.05, 3.63) is 41.2 Å². The van der Waals surface area contributed by atoms with Crippen LogP contribution in [-0.2, 0) is 11.0 Å². The summed E-state index contributed by atoms with van der Waals surface area (Å²) in [5.74, 6) is 0. The van der Waals surface area contributed by atoms with Crippen LogP contribution in [0.4, 0.5) is 0 Å². The van der Waals surface area contributed by atoms with Crippen LogP contribution >= 0.6 is 11.6 Å². The lowest BCUT2D eigenvalue weighted by Gasteiger charge is -2.14. The van der Waals surface area contributed by atoms with Gasteiger partial charge in [0.05, 0.1) is 21.2 Å². The van der Waals surface area contributed by atoms with Crippen molar-refractivity contribution in [2.24, 2.45) is 4.40 Å². The fourth-order valence-corrected chi connectivity index (χ4v) is 2.57. The first-order valence-electron chi connectivity index (χ1n) is 6.31. The molecule has 0 saturated carbocycles. The molecule has 1 aromatic heterocycles. The molecule has 2 rings (SSSR count). The Kier molecular flexibility index (Phi) is 4.25. The van der Waals surface area contributed by atoms with Gasteiger partial charge in [0.25, 0.3) is 0 Å². The van der Waals surface area contributed by atoms with E-state index in [0.29, 0.717) is 10.7 Å². The number of fused-ring (bicyclic) bond motifs is 1. The van der Waals surface area contributed by atoms with Crippen molar-refractivity contribution < 1.29 is 4.21 Å². The van der Waals surface area contributed by atoms with Crippen molar-refractivity contribution in [1.29, 1.82) is 0 Å². The molecule has 5 heteroatoms. The first kappa shape index (κ1) is 15.1. The first-order valence-corrected chi connectivity index (χ1v) is 7.80. The summed E-state index contributed by atoms with van der Waals surface area (Å²) in [4.78, 5) is 4.34. The summed E-state index contributed by atoms with van der Waals surface area (Å²) < 4.78 is 16.0. The van der Waals surface area contributed by atoms with Crippen LogP contribution in [-0.4, -0.2) is 19.7 Å². The van der Waals surface area contributed by atoms with E-state index in [-0.39, 0.29) is 4.75 Å². The SMILES string of the molecule is CC(=NS(=O)C(C)(C)C)c1ncc(Cl)c2ccccc12. The Hall–Kier alpha value is -1.26. The van der Waals surface area contributed by atoms with Crippen LogP contribution in [0.3, 0.4) is 0 Å². The third kappa shape index (κ3) is 3.07. The van der Waals surface area contributed by atoms with Gasteiger partial charge in [-0.05, 0) is 27.7 Å². The molecule has 0 spiro atoms. The molecule has 0 aliphatic heterocycles. The van der Waals surface area contributed by atoms with Gasteiger partial charge in [-0.15, -0.1) is 0 Å². The van der Waals surface area contributed by atoms with E-state index < -0.39 is 11.0 Å². The average molecular weight is 309 g/mol. The number of aromatic nitrogens is 1. The average Bonchev–Trinajstić information content (AvgIpc) is 2.38. The zero-order valence-corrected chi connectivity index (χ0v) is 13.5. The van der Waals surface area contributed by atoms with Gasteiger partial charge in [-0.3, -0.25) is 4.98 Å². The zero-order chi connectivity index (χ0) is 14.9. The quantitative estimate of drug-likeness (QED) is 0.782. The van der Waals surface area contributed by atoms with Crippen molar-refractivity contribution in [2.75, 3.05) is 0 Å². The van der Waals surface area contributed by atoms with Gasteiger partial charge in [0.2, 0.25) is 0 Å². The molecule has 106 valence electrons. The van der Waals surface area contributed by atoms with E-state index in [2.05, 4.69) is 9.38 Å². The van der Waals surface area contributed by atoms with E-state index >= 15 is 0 Å². The second-order valence-corrected chi connectivity index (χ2v) is 7.85. The number of rotatable bonds is 2. The number of nitrogens with zero attached hydrogens (tertiary/aromatic N) is 2. The number of hydrogen-bond donors (Lipinski definition) is 0. The first-order chi connectivity index (χ1) is 9.30. The summed E-state index contributed by atoms with van der Waals surface area (Å²) in [7, 11) is -1.30. The Morgan fingerprint density at radius 1 is 1.25 bits per heavy atom. The molecular formula is C15H17ClN2OS. The predicted molar refractivity (Wildman–Crippen MR) is 86.9 cm³/mol. The highest BCUT2D eigenvalue weighted by Gasteiger charge is 2.20. The number of halogens is 1. The predicted octanol–water partition coefficient (Wildman–Crippen LogP) is 4.16. The monoisotopic (exact) mass is 308 g/mol. The highest BCUT2D eigenvalue weighted by Crippen LogP contribution is 2.25. The molecule has 20 heavy (non-hydrogen) atoms. The number of pyridine rings is 1. The summed E-state index contributed by atoms with van der Waals surface area (Å²) in [5, 5.41) is 2.46. The summed E-state index contributed by atoms with van der Waals surface area (Å²) in [5.41, 5.74) is 1.38. The molecule has 0 N–H and O–H groups in total. The number of hydrogen-bond acceptors (Lipinski definition) is 2. The molecule has 0 aliphatic carbocycles. The lowest BCUT2D eigenvalue weighted by atomic mass is 10.1. The van der Waals surface area contributed by atoms with Crippen LogP contribution in [0.2, 0.25) is 5.02 Å². The number of benzene rings is 1. The van der Waals surface area contributed by atoms with Gasteiger partial charge in [0, 0.05) is 17.0 Å². The van der Waals surface area contributed by atoms with Gasteiger partial charge >= 0.3 is 0 Å². The van der Waals surface area contributed by atoms with E-state index in [1.54, 1.807) is 6.20 Å². The van der Waals surface area contributed by atoms with Crippen LogP contribution in [0.1, 0.15) is 33.4 Å². The molecule has 0 amide bonds. The molecule has 0 fully saturated rings. The van der Waals surface area contributed by atoms with Gasteiger partial charge in [-0.25, -0.2) is 4.21 Å². The third-order valence-corrected chi connectivity index (χ3v) is 4.62. The van der Waals surface area contributed by atoms with Crippen LogP contribution < -0.4 is 0 Å². The maximum atomic E-state index is 12.1. The van der Waals surface area contributed by atoms with Crippen molar-refractivity contribution in [2.45, 2.75) is 32.4 Å². The minimum Gasteiger partial charge on any atom is -0.253 e. The molecule has 2 aromatic rings. The minimum atomic E-state index is -1.30. The molecule has 0 aliphatic rings. The topological polar surface area (TPSA) is 42.3 Å². The minimum absolute atomic E-state index is 0.385. The molecule has 3 nitrogen and oxygen atoms in total. The standard InChI is InChI=1S/C15H17ClN2OS/c1-10(18-20(19)15(2,3)4)14-12-8-6-5-7-11(12)13(16)9-17-14/h5-9H,1-4H3. The van der Waals surface area contributed by atoms with Gasteiger partial charge in [0.1, 0.15) is 11.0 Å². The van der Waals surface area contributed by atoms with Crippen LogP contribution in [0.15, 0.2) is 34.9 Å². The van der Waals surface area contributed by atoms with Gasteiger partial charge < -0.3 is 0 Å². The van der Waals surface area contributed by atoms with Crippen LogP contribution in [0, 0.1) is 0 Å². The third-order valence-electron chi connectivity index (χ3n) is 2.83. The molecule has 0 saturated heterocycles. The Bertz CT molecular complexity index is 705. The Labute approximate surface area is 126 Å². The normalized spacial score (nSPS) is 14.6. The maximum absolute atomic E-state index is 12.1. The molecular weight excluding hydrogens is 292 g/mol. The molecule has 1 aromatic carbocycles. The van der Waals surface area contributed by atoms with Crippen LogP contribution in [0.5, 0.6) is 0 Å². The lowest BCUT2D eigenvalue weighted by Crippen LogP contribution is -2.20. The van der Waals surface area contributed by atoms with E-state index in [1.807, 2.05) is 52.0 Å². The van der Waals surface area contributed by atoms with Crippen LogP contribution in [0.25, 0.3) is 10.8 Å². The molecule has 1 heterocycles. The summed E-state index contributed by atoms with van der Waals surface area (Å²) in [6, 6.07) is 7.75. The summed E-state index contributed by atoms with van der Waals surface area (Å²) in [6.45, 7) is 7.51. The van der Waals surface area contributed by atoms with Crippen molar-refractivity contribution in [3.8, 4) is 0 Å². The molecule has 1 unspecified atom stereocenters. The fraction of sp³-hybridized carbons (Fsp3) is 0.333. The largest absolute Gasteiger partial charge is 0.253 e. The zero-order valence-electron chi connectivity index (χ0n) is 12.0. The van der Waals surface area contributed by atoms with Gasteiger partial charge in [-0.1, -0.05) is 35.9 Å². The maximum Gasteiger partial charge on any atom is 0.145 e. The van der Waals surface area contributed by atoms with Crippen molar-refractivity contribution >= 4 is 39.1 Å². The van der Waals surface area contributed by atoms with Crippen molar-refractivity contribution in [1.82, 2.24) is 4.98 Å². The van der Waals surface area contributed by atoms with Crippen molar-refractivity contribution in [3.63, 3.8) is 0 Å². The highest BCUT2D eigenvalue weighted by atomic mass is 35.5. The smallest absolute Gasteiger partial charge is 0.145 e. The molecule has 0 bridgehead atoms. The Morgan fingerprint density at radius 2 is 1.85 bits per heavy atom. The fourth-order valence-electron chi connectivity index (χ4n) is 1.75. The van der Waals surface area contributed by atoms with E-state index in [4.69, 9.17) is 11.6 Å². The summed E-state index contributed by atoms with van der Waals surface area (Å²) >= 11 is 6.15. The molecule has 1 atom stereocenters. The van der Waals surface area contributed by atoms with E-state index in [9.17, 15) is 4.21 Å². The van der Waals surface area contributed by atoms with Gasteiger partial charge in [0.15, 0.2) is 0 Å². The second-order valence-electron chi connectivity index (χ2n) is 5.54. The Morgan fingerprint density at radius 3 is 2.45 bits per heavy atom. The second kappa shape index (κ2) is 5.62. The van der Waals surface area contributed by atoms with Gasteiger partial charge in [-0.2, -0.15) is 4.40 Å². The summed E-state index contributed by atoms with van der Waals surface area (Å²) in [6.07, 6.45) is 1.61.